The van der Waals surface area contributed by atoms with Crippen molar-refractivity contribution in [3.8, 4) is 17.1 Å². The smallest absolute Gasteiger partial charge is 0.200 e. The number of aromatic nitrogens is 3. The van der Waals surface area contributed by atoms with E-state index in [0.717, 1.165) is 17.1 Å². The highest BCUT2D eigenvalue weighted by molar-refractivity contribution is 7.71. The molecule has 0 atom stereocenters. The van der Waals surface area contributed by atoms with E-state index in [4.69, 9.17) is 12.2 Å². The minimum Gasteiger partial charge on any atom is -0.268 e. The van der Waals surface area contributed by atoms with Gasteiger partial charge in [0.1, 0.15) is 0 Å². The van der Waals surface area contributed by atoms with E-state index >= 15 is 0 Å². The fourth-order valence-corrected chi connectivity index (χ4v) is 2.54. The molecule has 100 valence electrons. The number of hydrogen-bond acceptors (Lipinski definition) is 2. The van der Waals surface area contributed by atoms with Gasteiger partial charge in [-0.15, -0.1) is 0 Å². The number of H-pyrrole nitrogens is 1. The molecule has 0 aliphatic rings. The highest BCUT2D eigenvalue weighted by Gasteiger charge is 2.12. The predicted octanol–water partition coefficient (Wildman–Crippen LogP) is 4.21. The molecule has 4 heteroatoms. The topological polar surface area (TPSA) is 33.6 Å². The highest BCUT2D eigenvalue weighted by atomic mass is 32.1. The maximum Gasteiger partial charge on any atom is 0.200 e. The first-order chi connectivity index (χ1) is 9.66. The summed E-state index contributed by atoms with van der Waals surface area (Å²) in [6, 6.07) is 16.4. The number of nitrogens with one attached hydrogen (secondary N) is 1. The molecule has 3 aromatic rings. The molecule has 0 fully saturated rings. The van der Waals surface area contributed by atoms with Gasteiger partial charge in [-0.2, -0.15) is 5.10 Å². The standard InChI is InChI=1S/C16H15N3S/c1-11-6-5-8-13(10-11)15-17-18-16(20)19(15)14-9-4-3-7-12(14)2/h3-10H,1-2H3,(H,18,20). The number of hydrogen-bond donors (Lipinski definition) is 1. The second-order valence-corrected chi connectivity index (χ2v) is 5.23. The van der Waals surface area contributed by atoms with Crippen LogP contribution in [0.2, 0.25) is 0 Å². The minimum absolute atomic E-state index is 0.607. The van der Waals surface area contributed by atoms with Gasteiger partial charge in [-0.3, -0.25) is 9.67 Å². The Morgan fingerprint density at radius 2 is 1.85 bits per heavy atom. The van der Waals surface area contributed by atoms with Crippen molar-refractivity contribution >= 4 is 12.2 Å². The third-order valence-corrected chi connectivity index (χ3v) is 3.58. The fraction of sp³-hybridized carbons (Fsp3) is 0.125. The maximum atomic E-state index is 5.39. The lowest BCUT2D eigenvalue weighted by Crippen LogP contribution is -2.00. The lowest BCUT2D eigenvalue weighted by Gasteiger charge is -2.10. The molecule has 0 spiro atoms. The first kappa shape index (κ1) is 12.8. The number of aryl methyl sites for hydroxylation is 2. The summed E-state index contributed by atoms with van der Waals surface area (Å²) in [6.45, 7) is 4.15. The van der Waals surface area contributed by atoms with E-state index in [9.17, 15) is 0 Å². The van der Waals surface area contributed by atoms with E-state index in [2.05, 4.69) is 48.3 Å². The zero-order chi connectivity index (χ0) is 14.1. The summed E-state index contributed by atoms with van der Waals surface area (Å²) < 4.78 is 2.59. The average Bonchev–Trinajstić information content (AvgIpc) is 2.81. The Bertz CT molecular complexity index is 814. The molecule has 1 N–H and O–H groups in total. The van der Waals surface area contributed by atoms with Crippen molar-refractivity contribution in [3.05, 3.63) is 64.4 Å². The van der Waals surface area contributed by atoms with Crippen molar-refractivity contribution in [3.63, 3.8) is 0 Å². The summed E-state index contributed by atoms with van der Waals surface area (Å²) in [5.41, 5.74) is 4.48. The molecule has 0 radical (unpaired) electrons. The first-order valence-electron chi connectivity index (χ1n) is 6.47. The van der Waals surface area contributed by atoms with E-state index in [1.165, 1.54) is 11.1 Å². The zero-order valence-corrected chi connectivity index (χ0v) is 12.2. The van der Waals surface area contributed by atoms with E-state index in [1.807, 2.05) is 28.8 Å². The van der Waals surface area contributed by atoms with Gasteiger partial charge >= 0.3 is 0 Å². The van der Waals surface area contributed by atoms with Crippen LogP contribution in [0.4, 0.5) is 0 Å². The van der Waals surface area contributed by atoms with Gasteiger partial charge in [0.25, 0.3) is 0 Å². The second kappa shape index (κ2) is 5.06. The van der Waals surface area contributed by atoms with Crippen LogP contribution in [0.1, 0.15) is 11.1 Å². The summed E-state index contributed by atoms with van der Waals surface area (Å²) in [4.78, 5) is 0. The normalized spacial score (nSPS) is 10.7. The number of rotatable bonds is 2. The third kappa shape index (κ3) is 2.18. The largest absolute Gasteiger partial charge is 0.268 e. The number of benzene rings is 2. The van der Waals surface area contributed by atoms with Gasteiger partial charge in [0.15, 0.2) is 10.6 Å². The molecular weight excluding hydrogens is 266 g/mol. The fourth-order valence-electron chi connectivity index (χ4n) is 2.31. The number of aromatic amines is 1. The van der Waals surface area contributed by atoms with Crippen molar-refractivity contribution in [2.75, 3.05) is 0 Å². The van der Waals surface area contributed by atoms with E-state index in [-0.39, 0.29) is 0 Å². The lowest BCUT2D eigenvalue weighted by atomic mass is 10.1. The van der Waals surface area contributed by atoms with Gasteiger partial charge < -0.3 is 0 Å². The van der Waals surface area contributed by atoms with Crippen LogP contribution >= 0.6 is 12.2 Å². The molecule has 2 aromatic carbocycles. The van der Waals surface area contributed by atoms with E-state index < -0.39 is 0 Å². The van der Waals surface area contributed by atoms with Crippen molar-refractivity contribution in [1.29, 1.82) is 0 Å². The van der Waals surface area contributed by atoms with Gasteiger partial charge in [0, 0.05) is 5.56 Å². The molecule has 3 nitrogen and oxygen atoms in total. The summed E-state index contributed by atoms with van der Waals surface area (Å²) >= 11 is 5.39. The Morgan fingerprint density at radius 1 is 1.05 bits per heavy atom. The van der Waals surface area contributed by atoms with Crippen molar-refractivity contribution in [2.45, 2.75) is 13.8 Å². The molecule has 0 unspecified atom stereocenters. The van der Waals surface area contributed by atoms with Crippen molar-refractivity contribution < 1.29 is 0 Å². The molecule has 0 aliphatic carbocycles. The second-order valence-electron chi connectivity index (χ2n) is 4.84. The van der Waals surface area contributed by atoms with E-state index in [0.29, 0.717) is 4.77 Å². The Balaban J connectivity index is 2.26. The quantitative estimate of drug-likeness (QED) is 0.714. The van der Waals surface area contributed by atoms with E-state index in [1.54, 1.807) is 0 Å². The number of nitrogens with zero attached hydrogens (tertiary/aromatic N) is 2. The molecule has 0 aliphatic heterocycles. The summed E-state index contributed by atoms with van der Waals surface area (Å²) in [5, 5.41) is 7.29. The Morgan fingerprint density at radius 3 is 2.60 bits per heavy atom. The molecule has 0 saturated heterocycles. The minimum atomic E-state index is 0.607. The molecule has 3 rings (SSSR count). The molecular formula is C16H15N3S. The predicted molar refractivity (Wildman–Crippen MR) is 83.7 cm³/mol. The maximum absolute atomic E-state index is 5.39. The van der Waals surface area contributed by atoms with Crippen LogP contribution in [-0.4, -0.2) is 14.8 Å². The SMILES string of the molecule is Cc1cccc(-c2n[nH]c(=S)n2-c2ccccc2C)c1. The summed E-state index contributed by atoms with van der Waals surface area (Å²) in [5.74, 6) is 0.841. The van der Waals surface area contributed by atoms with Crippen LogP contribution in [0.25, 0.3) is 17.1 Å². The van der Waals surface area contributed by atoms with Crippen LogP contribution < -0.4 is 0 Å². The third-order valence-electron chi connectivity index (χ3n) is 3.30. The summed E-state index contributed by atoms with van der Waals surface area (Å²) in [7, 11) is 0. The molecule has 20 heavy (non-hydrogen) atoms. The zero-order valence-electron chi connectivity index (χ0n) is 11.4. The number of para-hydroxylation sites is 1. The summed E-state index contributed by atoms with van der Waals surface area (Å²) in [6.07, 6.45) is 0. The lowest BCUT2D eigenvalue weighted by molar-refractivity contribution is 1.02. The van der Waals surface area contributed by atoms with Gasteiger partial charge in [0.05, 0.1) is 5.69 Å². The molecule has 0 amide bonds. The van der Waals surface area contributed by atoms with Crippen LogP contribution in [-0.2, 0) is 0 Å². The van der Waals surface area contributed by atoms with Crippen molar-refractivity contribution in [1.82, 2.24) is 14.8 Å². The molecule has 0 bridgehead atoms. The Kier molecular flexibility index (Phi) is 3.24. The van der Waals surface area contributed by atoms with Crippen LogP contribution in [0.3, 0.4) is 0 Å². The van der Waals surface area contributed by atoms with Gasteiger partial charge in [-0.25, -0.2) is 0 Å². The molecule has 0 saturated carbocycles. The van der Waals surface area contributed by atoms with Crippen LogP contribution in [0, 0.1) is 18.6 Å². The van der Waals surface area contributed by atoms with Gasteiger partial charge in [-0.05, 0) is 43.8 Å². The first-order valence-corrected chi connectivity index (χ1v) is 6.88. The average molecular weight is 281 g/mol. The molecule has 1 aromatic heterocycles. The van der Waals surface area contributed by atoms with Crippen LogP contribution in [0.15, 0.2) is 48.5 Å². The van der Waals surface area contributed by atoms with Crippen molar-refractivity contribution in [2.24, 2.45) is 0 Å². The van der Waals surface area contributed by atoms with Gasteiger partial charge in [-0.1, -0.05) is 42.0 Å². The monoisotopic (exact) mass is 281 g/mol. The Labute approximate surface area is 122 Å². The molecule has 1 heterocycles. The van der Waals surface area contributed by atoms with Crippen LogP contribution in [0.5, 0.6) is 0 Å². The highest BCUT2D eigenvalue weighted by Crippen LogP contribution is 2.23. The van der Waals surface area contributed by atoms with Gasteiger partial charge in [0.2, 0.25) is 0 Å². The Hall–Kier alpha value is -2.20.